The molecule has 9 nitrogen and oxygen atoms in total. The van der Waals surface area contributed by atoms with Crippen LogP contribution in [0.15, 0.2) is 12.4 Å². The first-order valence-corrected chi connectivity index (χ1v) is 8.46. The van der Waals surface area contributed by atoms with Crippen LogP contribution in [0.3, 0.4) is 0 Å². The van der Waals surface area contributed by atoms with Crippen LogP contribution >= 0.6 is 0 Å². The summed E-state index contributed by atoms with van der Waals surface area (Å²) in [4.78, 5) is 9.96. The third kappa shape index (κ3) is 4.76. The van der Waals surface area contributed by atoms with E-state index in [2.05, 4.69) is 10.4 Å². The molecule has 0 radical (unpaired) electrons. The molecule has 118 valence electrons. The smallest absolute Gasteiger partial charge is 0.306 e. The number of nitrogens with zero attached hydrogens (tertiary/aromatic N) is 3. The van der Waals surface area contributed by atoms with Gasteiger partial charge in [-0.15, -0.1) is 0 Å². The molecule has 1 aliphatic heterocycles. The zero-order valence-corrected chi connectivity index (χ0v) is 12.2. The molecule has 1 aliphatic rings. The Morgan fingerprint density at radius 2 is 2.38 bits per heavy atom. The van der Waals surface area contributed by atoms with Gasteiger partial charge in [0.2, 0.25) is 0 Å². The predicted octanol–water partition coefficient (Wildman–Crippen LogP) is -0.681. The molecule has 1 fully saturated rings. The van der Waals surface area contributed by atoms with Gasteiger partial charge in [0.15, 0.2) is 9.84 Å². The van der Waals surface area contributed by atoms with Crippen molar-refractivity contribution in [1.82, 2.24) is 15.1 Å². The van der Waals surface area contributed by atoms with E-state index >= 15 is 0 Å². The van der Waals surface area contributed by atoms with Gasteiger partial charge in [-0.2, -0.15) is 5.10 Å². The van der Waals surface area contributed by atoms with Crippen LogP contribution in [0.1, 0.15) is 12.8 Å². The van der Waals surface area contributed by atoms with Gasteiger partial charge in [-0.25, -0.2) is 8.42 Å². The van der Waals surface area contributed by atoms with Crippen molar-refractivity contribution in [3.05, 3.63) is 22.5 Å². The van der Waals surface area contributed by atoms with Gasteiger partial charge in [-0.3, -0.25) is 14.8 Å². The summed E-state index contributed by atoms with van der Waals surface area (Å²) in [6.07, 6.45) is 2.96. The number of nitro groups is 1. The Balaban J connectivity index is 1.79. The van der Waals surface area contributed by atoms with E-state index < -0.39 is 20.9 Å². The predicted molar refractivity (Wildman–Crippen MR) is 74.6 cm³/mol. The average molecular weight is 318 g/mol. The number of aromatic nitrogens is 2. The molecule has 10 heteroatoms. The van der Waals surface area contributed by atoms with Crippen LogP contribution in [0.2, 0.25) is 0 Å². The van der Waals surface area contributed by atoms with E-state index in [4.69, 9.17) is 0 Å². The van der Waals surface area contributed by atoms with E-state index in [-0.39, 0.29) is 36.3 Å². The van der Waals surface area contributed by atoms with Crippen molar-refractivity contribution >= 4 is 15.5 Å². The van der Waals surface area contributed by atoms with Gasteiger partial charge in [0, 0.05) is 12.6 Å². The standard InChI is InChI=1S/C11H18N4O5S/c16-11(7-14-6-10(4-13-14)15(17)18)5-12-9-2-1-3-21(19,20)8-9/h4,6,9,11-12,16H,1-3,5,7-8H2. The van der Waals surface area contributed by atoms with Crippen LogP contribution < -0.4 is 5.32 Å². The normalized spacial score (nSPS) is 22.8. The second-order valence-electron chi connectivity index (χ2n) is 5.19. The minimum Gasteiger partial charge on any atom is -0.390 e. The molecule has 0 amide bonds. The van der Waals surface area contributed by atoms with Crippen molar-refractivity contribution in [2.24, 2.45) is 0 Å². The average Bonchev–Trinajstić information content (AvgIpc) is 2.84. The summed E-state index contributed by atoms with van der Waals surface area (Å²) in [5.41, 5.74) is -0.131. The van der Waals surface area contributed by atoms with Crippen LogP contribution in [0.25, 0.3) is 0 Å². The van der Waals surface area contributed by atoms with Crippen LogP contribution in [-0.4, -0.2) is 58.4 Å². The number of hydrogen-bond donors (Lipinski definition) is 2. The minimum atomic E-state index is -2.98. The number of sulfone groups is 1. The Morgan fingerprint density at radius 1 is 1.62 bits per heavy atom. The van der Waals surface area contributed by atoms with Gasteiger partial charge < -0.3 is 10.4 Å². The lowest BCUT2D eigenvalue weighted by molar-refractivity contribution is -0.385. The van der Waals surface area contributed by atoms with Gasteiger partial charge in [0.1, 0.15) is 12.4 Å². The van der Waals surface area contributed by atoms with Crippen molar-refractivity contribution in [2.75, 3.05) is 18.1 Å². The molecule has 1 aromatic heterocycles. The van der Waals surface area contributed by atoms with Gasteiger partial charge in [-0.05, 0) is 12.8 Å². The molecule has 0 spiro atoms. The molecule has 0 aromatic carbocycles. The zero-order valence-electron chi connectivity index (χ0n) is 11.4. The summed E-state index contributed by atoms with van der Waals surface area (Å²) in [6, 6.07) is -0.148. The maximum Gasteiger partial charge on any atom is 0.306 e. The Morgan fingerprint density at radius 3 is 3.00 bits per heavy atom. The third-order valence-electron chi connectivity index (χ3n) is 3.33. The second-order valence-corrected chi connectivity index (χ2v) is 7.42. The second kappa shape index (κ2) is 6.50. The molecule has 21 heavy (non-hydrogen) atoms. The number of aliphatic hydroxyl groups excluding tert-OH is 1. The molecule has 2 rings (SSSR count). The largest absolute Gasteiger partial charge is 0.390 e. The summed E-state index contributed by atoms with van der Waals surface area (Å²) in [6.45, 7) is 0.328. The van der Waals surface area contributed by atoms with Crippen molar-refractivity contribution in [3.63, 3.8) is 0 Å². The SMILES string of the molecule is O=[N+]([O-])c1cnn(CC(O)CNC2CCCS(=O)(=O)C2)c1. The van der Waals surface area contributed by atoms with Crippen LogP contribution in [-0.2, 0) is 16.4 Å². The number of rotatable bonds is 6. The summed E-state index contributed by atoms with van der Waals surface area (Å²) in [7, 11) is -2.98. The van der Waals surface area contributed by atoms with Crippen molar-refractivity contribution < 1.29 is 18.4 Å². The third-order valence-corrected chi connectivity index (χ3v) is 5.15. The molecule has 2 N–H and O–H groups in total. The molecular weight excluding hydrogens is 300 g/mol. The van der Waals surface area contributed by atoms with Gasteiger partial charge in [0.25, 0.3) is 0 Å². The summed E-state index contributed by atoms with van der Waals surface area (Å²) in [5.74, 6) is 0.317. The monoisotopic (exact) mass is 318 g/mol. The fraction of sp³-hybridized carbons (Fsp3) is 0.727. The molecule has 2 unspecified atom stereocenters. The lowest BCUT2D eigenvalue weighted by Gasteiger charge is -2.24. The van der Waals surface area contributed by atoms with E-state index in [0.29, 0.717) is 6.42 Å². The topological polar surface area (TPSA) is 127 Å². The summed E-state index contributed by atoms with van der Waals surface area (Å²) in [5, 5.41) is 27.2. The minimum absolute atomic E-state index is 0.0902. The first-order chi connectivity index (χ1) is 9.85. The molecule has 2 atom stereocenters. The Labute approximate surface area is 122 Å². The van der Waals surface area contributed by atoms with Crippen molar-refractivity contribution in [2.45, 2.75) is 31.5 Å². The molecule has 0 aliphatic carbocycles. The Bertz CT molecular complexity index is 600. The first kappa shape index (κ1) is 15.9. The fourth-order valence-electron chi connectivity index (χ4n) is 2.31. The molecule has 0 bridgehead atoms. The molecule has 0 saturated carbocycles. The lowest BCUT2D eigenvalue weighted by Crippen LogP contribution is -2.44. The van der Waals surface area contributed by atoms with Crippen LogP contribution in [0, 0.1) is 10.1 Å². The van der Waals surface area contributed by atoms with Gasteiger partial charge in [0.05, 0.1) is 29.1 Å². The van der Waals surface area contributed by atoms with Crippen molar-refractivity contribution in [3.8, 4) is 0 Å². The van der Waals surface area contributed by atoms with Crippen LogP contribution in [0.4, 0.5) is 5.69 Å². The van der Waals surface area contributed by atoms with E-state index in [1.54, 1.807) is 0 Å². The lowest BCUT2D eigenvalue weighted by atomic mass is 10.2. The summed E-state index contributed by atoms with van der Waals surface area (Å²) >= 11 is 0. The molecule has 1 saturated heterocycles. The van der Waals surface area contributed by atoms with Crippen LogP contribution in [0.5, 0.6) is 0 Å². The fourth-order valence-corrected chi connectivity index (χ4v) is 3.98. The number of aliphatic hydroxyl groups is 1. The maximum absolute atomic E-state index is 11.5. The highest BCUT2D eigenvalue weighted by molar-refractivity contribution is 7.91. The molecule has 1 aromatic rings. The van der Waals surface area contributed by atoms with Gasteiger partial charge >= 0.3 is 5.69 Å². The van der Waals surface area contributed by atoms with Gasteiger partial charge in [-0.1, -0.05) is 0 Å². The molecular formula is C11H18N4O5S. The quantitative estimate of drug-likeness (QED) is 0.525. The van der Waals surface area contributed by atoms with Crippen molar-refractivity contribution in [1.29, 1.82) is 0 Å². The van der Waals surface area contributed by atoms with E-state index in [9.17, 15) is 23.6 Å². The number of hydrogen-bond acceptors (Lipinski definition) is 7. The summed E-state index contributed by atoms with van der Waals surface area (Å²) < 4.78 is 24.3. The van der Waals surface area contributed by atoms with E-state index in [1.807, 2.05) is 0 Å². The highest BCUT2D eigenvalue weighted by Crippen LogP contribution is 2.12. The zero-order chi connectivity index (χ0) is 15.5. The van der Waals surface area contributed by atoms with E-state index in [1.165, 1.54) is 10.9 Å². The van der Waals surface area contributed by atoms with E-state index in [0.717, 1.165) is 12.6 Å². The highest BCUT2D eigenvalue weighted by atomic mass is 32.2. The molecule has 2 heterocycles. The maximum atomic E-state index is 11.5. The Kier molecular flexibility index (Phi) is 4.91. The number of nitrogens with one attached hydrogen (secondary N) is 1. The highest BCUT2D eigenvalue weighted by Gasteiger charge is 2.24. The first-order valence-electron chi connectivity index (χ1n) is 6.64. The Hall–Kier alpha value is -1.52.